The largest absolute Gasteiger partial charge is 0.507 e. The molecule has 220 valence electrons. The third-order valence-corrected chi connectivity index (χ3v) is 6.99. The van der Waals surface area contributed by atoms with Gasteiger partial charge in [0.05, 0.1) is 28.7 Å². The molecule has 3 heterocycles. The van der Waals surface area contributed by atoms with Crippen LogP contribution in [0.5, 0.6) is 17.4 Å². The number of rotatable bonds is 9. The Balaban J connectivity index is 1.42. The fraction of sp³-hybridized carbons (Fsp3) is 0.333. The van der Waals surface area contributed by atoms with E-state index in [-0.39, 0.29) is 41.0 Å². The maximum atomic E-state index is 14.5. The van der Waals surface area contributed by atoms with E-state index < -0.39 is 17.5 Å². The number of phenols is 1. The third-order valence-electron chi connectivity index (χ3n) is 6.99. The van der Waals surface area contributed by atoms with Crippen LogP contribution in [-0.4, -0.2) is 85.6 Å². The minimum Gasteiger partial charge on any atom is -0.507 e. The zero-order valence-electron chi connectivity index (χ0n) is 23.7. The molecule has 1 amide bonds. The number of carbonyl (C=O) groups is 2. The van der Waals surface area contributed by atoms with Gasteiger partial charge in [0.2, 0.25) is 17.8 Å². The number of nitrogens with zero attached hydrogens (tertiary/aromatic N) is 5. The summed E-state index contributed by atoms with van der Waals surface area (Å²) in [5, 5.41) is 23.3. The first-order chi connectivity index (χ1) is 20.0. The van der Waals surface area contributed by atoms with Gasteiger partial charge in [0.1, 0.15) is 11.5 Å². The molecule has 1 fully saturated rings. The zero-order chi connectivity index (χ0) is 30.0. The van der Waals surface area contributed by atoms with Gasteiger partial charge in [-0.3, -0.25) is 19.8 Å². The molecule has 1 saturated heterocycles. The number of amides is 1. The molecule has 1 aliphatic rings. The lowest BCUT2D eigenvalue weighted by Gasteiger charge is -2.32. The number of hydrogen-bond acceptors (Lipinski definition) is 9. The highest BCUT2D eigenvalue weighted by molar-refractivity contribution is 6.04. The van der Waals surface area contributed by atoms with Crippen molar-refractivity contribution in [2.45, 2.75) is 32.5 Å². The fourth-order valence-corrected chi connectivity index (χ4v) is 4.86. The number of imidazole rings is 1. The molecular formula is C30H33FN6O5. The smallest absolute Gasteiger partial charge is 0.258 e. The summed E-state index contributed by atoms with van der Waals surface area (Å²) >= 11 is 0. The molecule has 0 saturated carbocycles. The minimum absolute atomic E-state index is 0.0474. The third kappa shape index (κ3) is 6.73. The second-order valence-corrected chi connectivity index (χ2v) is 11.1. The Hall–Kier alpha value is -4.39. The number of aliphatic hydroxyl groups is 1. The molecule has 0 unspecified atom stereocenters. The van der Waals surface area contributed by atoms with E-state index in [1.165, 1.54) is 24.3 Å². The summed E-state index contributed by atoms with van der Waals surface area (Å²) < 4.78 is 21.7. The van der Waals surface area contributed by atoms with E-state index in [0.29, 0.717) is 11.8 Å². The number of aromatic nitrogens is 3. The molecule has 5 rings (SSSR count). The number of fused-ring (bicyclic) bond motifs is 1. The van der Waals surface area contributed by atoms with E-state index in [4.69, 9.17) is 4.74 Å². The van der Waals surface area contributed by atoms with Gasteiger partial charge in [-0.1, -0.05) is 12.1 Å². The van der Waals surface area contributed by atoms with E-state index in [2.05, 4.69) is 32.1 Å². The average Bonchev–Trinajstić information content (AvgIpc) is 3.24. The Morgan fingerprint density at radius 3 is 2.60 bits per heavy atom. The number of pyridine rings is 1. The number of phenolic OH excluding ortho intramolecular Hbond substituents is 1. The second-order valence-electron chi connectivity index (χ2n) is 11.1. The fourth-order valence-electron chi connectivity index (χ4n) is 4.86. The van der Waals surface area contributed by atoms with Crippen LogP contribution in [0.25, 0.3) is 11.0 Å². The van der Waals surface area contributed by atoms with Gasteiger partial charge in [-0.2, -0.15) is 9.37 Å². The Morgan fingerprint density at radius 1 is 1.12 bits per heavy atom. The summed E-state index contributed by atoms with van der Waals surface area (Å²) in [5.74, 6) is -2.12. The highest BCUT2D eigenvalue weighted by Gasteiger charge is 2.23. The van der Waals surface area contributed by atoms with Crippen LogP contribution in [0.4, 0.5) is 10.3 Å². The van der Waals surface area contributed by atoms with Gasteiger partial charge < -0.3 is 24.4 Å². The quantitative estimate of drug-likeness (QED) is 0.202. The van der Waals surface area contributed by atoms with Crippen molar-refractivity contribution in [1.82, 2.24) is 24.3 Å². The van der Waals surface area contributed by atoms with Crippen LogP contribution in [0.15, 0.2) is 48.5 Å². The summed E-state index contributed by atoms with van der Waals surface area (Å²) in [4.78, 5) is 37.6. The van der Waals surface area contributed by atoms with Crippen LogP contribution in [0.2, 0.25) is 0 Å². The Morgan fingerprint density at radius 2 is 1.88 bits per heavy atom. The molecule has 11 nitrogen and oxygen atoms in total. The first-order valence-corrected chi connectivity index (χ1v) is 13.6. The van der Waals surface area contributed by atoms with Crippen LogP contribution >= 0.6 is 0 Å². The zero-order valence-corrected chi connectivity index (χ0v) is 23.7. The van der Waals surface area contributed by atoms with Gasteiger partial charge in [-0.15, -0.1) is 0 Å². The number of aldehydes is 1. The molecule has 4 aromatic rings. The lowest BCUT2D eigenvalue weighted by atomic mass is 10.1. The minimum atomic E-state index is -1.12. The Kier molecular flexibility index (Phi) is 8.21. The van der Waals surface area contributed by atoms with Crippen molar-refractivity contribution < 1.29 is 28.9 Å². The van der Waals surface area contributed by atoms with Crippen LogP contribution in [0, 0.1) is 5.95 Å². The van der Waals surface area contributed by atoms with E-state index in [1.54, 1.807) is 18.4 Å². The maximum absolute atomic E-state index is 14.5. The van der Waals surface area contributed by atoms with Gasteiger partial charge in [-0.25, -0.2) is 4.98 Å². The number of hydrogen-bond donors (Lipinski definition) is 3. The molecule has 2 aromatic carbocycles. The van der Waals surface area contributed by atoms with Crippen LogP contribution in [-0.2, 0) is 13.1 Å². The molecule has 0 aliphatic carbocycles. The topological polar surface area (TPSA) is 133 Å². The number of piperazine rings is 1. The number of likely N-dealkylation sites (N-methyl/N-ethyl adjacent to an activating group) is 1. The number of halogens is 1. The predicted molar refractivity (Wildman–Crippen MR) is 155 cm³/mol. The second kappa shape index (κ2) is 11.8. The summed E-state index contributed by atoms with van der Waals surface area (Å²) in [6.07, 6.45) is 0.404. The highest BCUT2D eigenvalue weighted by Crippen LogP contribution is 2.30. The van der Waals surface area contributed by atoms with Crippen molar-refractivity contribution in [2.24, 2.45) is 0 Å². The summed E-state index contributed by atoms with van der Waals surface area (Å²) in [5.41, 5.74) is 1.09. The SMILES string of the molecule is CN1CCN(Cc2ccc3nc(NC(=O)c4cc(F)nc(Oc5cccc(O)c5C=O)c4)n(CC(C)(C)O)c3c2)CC1. The normalized spacial score (nSPS) is 14.7. The average molecular weight is 577 g/mol. The summed E-state index contributed by atoms with van der Waals surface area (Å²) in [6, 6.07) is 12.2. The van der Waals surface area contributed by atoms with Gasteiger partial charge in [-0.05, 0) is 50.7 Å². The molecule has 0 radical (unpaired) electrons. The monoisotopic (exact) mass is 576 g/mol. The molecule has 12 heteroatoms. The first-order valence-electron chi connectivity index (χ1n) is 13.6. The van der Waals surface area contributed by atoms with E-state index in [0.717, 1.165) is 49.9 Å². The van der Waals surface area contributed by atoms with Crippen molar-refractivity contribution >= 4 is 29.2 Å². The van der Waals surface area contributed by atoms with Crippen LogP contribution in [0.3, 0.4) is 0 Å². The van der Waals surface area contributed by atoms with Gasteiger partial charge in [0.15, 0.2) is 6.29 Å². The van der Waals surface area contributed by atoms with Crippen molar-refractivity contribution in [3.63, 3.8) is 0 Å². The highest BCUT2D eigenvalue weighted by atomic mass is 19.1. The number of aromatic hydroxyl groups is 1. The number of anilines is 1. The van der Waals surface area contributed by atoms with Crippen molar-refractivity contribution in [3.05, 3.63) is 71.2 Å². The predicted octanol–water partition coefficient (Wildman–Crippen LogP) is 3.65. The molecule has 0 bridgehead atoms. The maximum Gasteiger partial charge on any atom is 0.258 e. The molecule has 3 N–H and O–H groups in total. The van der Waals surface area contributed by atoms with E-state index in [1.807, 2.05) is 18.2 Å². The lowest BCUT2D eigenvalue weighted by molar-refractivity contribution is 0.0630. The number of ether oxygens (including phenoxy) is 1. The molecule has 0 atom stereocenters. The molecule has 42 heavy (non-hydrogen) atoms. The van der Waals surface area contributed by atoms with E-state index in [9.17, 15) is 24.2 Å². The van der Waals surface area contributed by atoms with Crippen LogP contribution in [0.1, 0.15) is 40.1 Å². The number of benzene rings is 2. The van der Waals surface area contributed by atoms with Crippen molar-refractivity contribution in [3.8, 4) is 17.4 Å². The van der Waals surface area contributed by atoms with Crippen molar-refractivity contribution in [1.29, 1.82) is 0 Å². The lowest BCUT2D eigenvalue weighted by Crippen LogP contribution is -2.43. The molecule has 2 aromatic heterocycles. The standard InChI is InChI=1S/C30H33FN6O5/c1-30(2,41)18-37-23-13-19(16-36-11-9-35(3)10-12-36)7-8-22(23)32-29(37)34-28(40)20-14-26(31)33-27(15-20)42-25-6-4-5-24(39)21(25)17-38/h4-8,13-15,17,39,41H,9-12,16,18H2,1-3H3,(H,32,34,40). The number of carbonyl (C=O) groups excluding carboxylic acids is 2. The molecule has 1 aliphatic heterocycles. The first kappa shape index (κ1) is 29.1. The Labute approximate surface area is 242 Å². The summed E-state index contributed by atoms with van der Waals surface area (Å²) in [7, 11) is 2.11. The van der Waals surface area contributed by atoms with Gasteiger partial charge in [0.25, 0.3) is 5.91 Å². The van der Waals surface area contributed by atoms with Gasteiger partial charge in [0, 0.05) is 50.4 Å². The van der Waals surface area contributed by atoms with Gasteiger partial charge >= 0.3 is 0 Å². The Bertz CT molecular complexity index is 1620. The molecular weight excluding hydrogens is 543 g/mol. The van der Waals surface area contributed by atoms with Crippen molar-refractivity contribution in [2.75, 3.05) is 38.5 Å². The molecule has 0 spiro atoms. The number of nitrogens with one attached hydrogen (secondary N) is 1. The van der Waals surface area contributed by atoms with Crippen LogP contribution < -0.4 is 10.1 Å². The van der Waals surface area contributed by atoms with E-state index >= 15 is 0 Å². The summed E-state index contributed by atoms with van der Waals surface area (Å²) in [6.45, 7) is 8.17.